The van der Waals surface area contributed by atoms with E-state index in [-0.39, 0.29) is 5.92 Å². The van der Waals surface area contributed by atoms with Gasteiger partial charge in [-0.25, -0.2) is 0 Å². The van der Waals surface area contributed by atoms with Gasteiger partial charge in [0.1, 0.15) is 5.56 Å². The van der Waals surface area contributed by atoms with Crippen molar-refractivity contribution in [2.75, 3.05) is 20.1 Å². The number of hydrogen-bond acceptors (Lipinski definition) is 2. The SMILES string of the molecule is CN1CCC[C@@H](Cn2cccc(C(F)(F)F)c2=O)C1. The van der Waals surface area contributed by atoms with Crippen LogP contribution in [-0.4, -0.2) is 29.6 Å². The van der Waals surface area contributed by atoms with Crippen molar-refractivity contribution in [3.8, 4) is 0 Å². The number of likely N-dealkylation sites (tertiary alicyclic amines) is 1. The van der Waals surface area contributed by atoms with E-state index in [1.54, 1.807) is 0 Å². The Morgan fingerprint density at radius 3 is 2.79 bits per heavy atom. The van der Waals surface area contributed by atoms with Gasteiger partial charge in [-0.05, 0) is 44.5 Å². The number of halogens is 3. The zero-order valence-corrected chi connectivity index (χ0v) is 10.8. The molecule has 3 nitrogen and oxygen atoms in total. The maximum Gasteiger partial charge on any atom is 0.421 e. The van der Waals surface area contributed by atoms with Crippen LogP contribution in [0.2, 0.25) is 0 Å². The van der Waals surface area contributed by atoms with Crippen LogP contribution in [-0.2, 0) is 12.7 Å². The summed E-state index contributed by atoms with van der Waals surface area (Å²) >= 11 is 0. The first-order valence-electron chi connectivity index (χ1n) is 6.33. The summed E-state index contributed by atoms with van der Waals surface area (Å²) in [5, 5.41) is 0. The monoisotopic (exact) mass is 274 g/mol. The van der Waals surface area contributed by atoms with E-state index in [1.807, 2.05) is 7.05 Å². The summed E-state index contributed by atoms with van der Waals surface area (Å²) in [6, 6.07) is 2.13. The Hall–Kier alpha value is -1.30. The highest BCUT2D eigenvalue weighted by Gasteiger charge is 2.34. The lowest BCUT2D eigenvalue weighted by Crippen LogP contribution is -2.37. The second-order valence-electron chi connectivity index (χ2n) is 5.15. The van der Waals surface area contributed by atoms with Gasteiger partial charge < -0.3 is 9.47 Å². The first-order valence-corrected chi connectivity index (χ1v) is 6.33. The molecule has 2 heterocycles. The van der Waals surface area contributed by atoms with E-state index < -0.39 is 17.3 Å². The number of nitrogens with zero attached hydrogens (tertiary/aromatic N) is 2. The summed E-state index contributed by atoms with van der Waals surface area (Å²) < 4.78 is 39.1. The molecule has 19 heavy (non-hydrogen) atoms. The Morgan fingerprint density at radius 2 is 2.16 bits per heavy atom. The standard InChI is InChI=1S/C13H17F3N2O/c1-17-6-2-4-10(8-17)9-18-7-3-5-11(12(18)19)13(14,15)16/h3,5,7,10H,2,4,6,8-9H2,1H3/t10-/m1/s1. The van der Waals surface area contributed by atoms with E-state index >= 15 is 0 Å². The van der Waals surface area contributed by atoms with Crippen LogP contribution in [0.1, 0.15) is 18.4 Å². The van der Waals surface area contributed by atoms with Crippen LogP contribution >= 0.6 is 0 Å². The van der Waals surface area contributed by atoms with Crippen molar-refractivity contribution in [3.63, 3.8) is 0 Å². The summed E-state index contributed by atoms with van der Waals surface area (Å²) in [5.41, 5.74) is -2.03. The molecule has 0 radical (unpaired) electrons. The van der Waals surface area contributed by atoms with Gasteiger partial charge in [0.15, 0.2) is 0 Å². The molecule has 1 aromatic rings. The number of aromatic nitrogens is 1. The third-order valence-corrected chi connectivity index (χ3v) is 3.50. The maximum atomic E-state index is 12.6. The lowest BCUT2D eigenvalue weighted by molar-refractivity contribution is -0.139. The van der Waals surface area contributed by atoms with Crippen molar-refractivity contribution in [1.82, 2.24) is 9.47 Å². The van der Waals surface area contributed by atoms with Crippen molar-refractivity contribution in [2.45, 2.75) is 25.6 Å². The van der Waals surface area contributed by atoms with Gasteiger partial charge in [0.2, 0.25) is 0 Å². The minimum atomic E-state index is -4.58. The van der Waals surface area contributed by atoms with E-state index in [9.17, 15) is 18.0 Å². The Morgan fingerprint density at radius 1 is 1.42 bits per heavy atom. The van der Waals surface area contributed by atoms with Gasteiger partial charge in [-0.3, -0.25) is 4.79 Å². The first-order chi connectivity index (χ1) is 8.88. The largest absolute Gasteiger partial charge is 0.421 e. The zero-order chi connectivity index (χ0) is 14.0. The highest BCUT2D eigenvalue weighted by atomic mass is 19.4. The summed E-state index contributed by atoms with van der Waals surface area (Å²) in [6.07, 6.45) is -1.17. The van der Waals surface area contributed by atoms with E-state index in [2.05, 4.69) is 4.90 Å². The molecule has 1 fully saturated rings. The van der Waals surface area contributed by atoms with Crippen molar-refractivity contribution in [1.29, 1.82) is 0 Å². The summed E-state index contributed by atoms with van der Waals surface area (Å²) in [6.45, 7) is 2.18. The Labute approximate surface area is 109 Å². The second kappa shape index (κ2) is 5.36. The fourth-order valence-corrected chi connectivity index (χ4v) is 2.60. The molecule has 0 N–H and O–H groups in total. The van der Waals surface area contributed by atoms with Crippen LogP contribution < -0.4 is 5.56 Å². The van der Waals surface area contributed by atoms with Crippen LogP contribution in [0.15, 0.2) is 23.1 Å². The van der Waals surface area contributed by atoms with Crippen molar-refractivity contribution in [3.05, 3.63) is 34.2 Å². The molecule has 1 aromatic heterocycles. The van der Waals surface area contributed by atoms with E-state index in [1.165, 1.54) is 16.8 Å². The van der Waals surface area contributed by atoms with E-state index in [4.69, 9.17) is 0 Å². The van der Waals surface area contributed by atoms with Gasteiger partial charge in [-0.15, -0.1) is 0 Å². The molecule has 0 saturated carbocycles. The zero-order valence-electron chi connectivity index (χ0n) is 10.8. The molecule has 6 heteroatoms. The van der Waals surface area contributed by atoms with Crippen molar-refractivity contribution >= 4 is 0 Å². The normalized spacial score (nSPS) is 21.6. The second-order valence-corrected chi connectivity index (χ2v) is 5.15. The lowest BCUT2D eigenvalue weighted by atomic mass is 9.98. The van der Waals surface area contributed by atoms with Gasteiger partial charge in [0.25, 0.3) is 5.56 Å². The molecular weight excluding hydrogens is 257 g/mol. The minimum Gasteiger partial charge on any atom is -0.315 e. The van der Waals surface area contributed by atoms with Crippen LogP contribution in [0.5, 0.6) is 0 Å². The molecule has 0 bridgehead atoms. The fourth-order valence-electron chi connectivity index (χ4n) is 2.60. The molecule has 1 atom stereocenters. The van der Waals surface area contributed by atoms with Crippen LogP contribution in [0.25, 0.3) is 0 Å². The number of hydrogen-bond donors (Lipinski definition) is 0. The Balaban J connectivity index is 2.19. The Bertz CT molecular complexity index is 495. The summed E-state index contributed by atoms with van der Waals surface area (Å²) in [5.74, 6) is 0.236. The lowest BCUT2D eigenvalue weighted by Gasteiger charge is -2.30. The molecule has 0 spiro atoms. The molecular formula is C13H17F3N2O. The average Bonchev–Trinajstić information content (AvgIpc) is 2.30. The number of piperidine rings is 1. The summed E-state index contributed by atoms with van der Waals surface area (Å²) in [7, 11) is 1.99. The van der Waals surface area contributed by atoms with Crippen LogP contribution in [0.3, 0.4) is 0 Å². The average molecular weight is 274 g/mol. The van der Waals surface area contributed by atoms with Gasteiger partial charge in [0, 0.05) is 19.3 Å². The van der Waals surface area contributed by atoms with Gasteiger partial charge in [-0.1, -0.05) is 0 Å². The topological polar surface area (TPSA) is 25.2 Å². The van der Waals surface area contributed by atoms with Gasteiger partial charge >= 0.3 is 6.18 Å². The smallest absolute Gasteiger partial charge is 0.315 e. The van der Waals surface area contributed by atoms with Crippen molar-refractivity contribution in [2.24, 2.45) is 5.92 Å². The third-order valence-electron chi connectivity index (χ3n) is 3.50. The molecule has 0 aromatic carbocycles. The molecule has 1 saturated heterocycles. The quantitative estimate of drug-likeness (QED) is 0.826. The van der Waals surface area contributed by atoms with E-state index in [0.29, 0.717) is 6.54 Å². The number of pyridine rings is 1. The van der Waals surface area contributed by atoms with Crippen LogP contribution in [0, 0.1) is 5.92 Å². The predicted octanol–water partition coefficient (Wildman–Crippen LogP) is 2.21. The highest BCUT2D eigenvalue weighted by Crippen LogP contribution is 2.26. The molecule has 1 aliphatic heterocycles. The highest BCUT2D eigenvalue weighted by molar-refractivity contribution is 5.14. The first kappa shape index (κ1) is 14.1. The number of rotatable bonds is 2. The molecule has 0 amide bonds. The molecule has 0 aliphatic carbocycles. The Kier molecular flexibility index (Phi) is 3.99. The molecule has 106 valence electrons. The predicted molar refractivity (Wildman–Crippen MR) is 65.9 cm³/mol. The minimum absolute atomic E-state index is 0.236. The molecule has 2 rings (SSSR count). The van der Waals surface area contributed by atoms with Gasteiger partial charge in [-0.2, -0.15) is 13.2 Å². The maximum absolute atomic E-state index is 12.6. The van der Waals surface area contributed by atoms with Crippen molar-refractivity contribution < 1.29 is 13.2 Å². The molecule has 0 unspecified atom stereocenters. The summed E-state index contributed by atoms with van der Waals surface area (Å²) in [4.78, 5) is 13.9. The van der Waals surface area contributed by atoms with Crippen LogP contribution in [0.4, 0.5) is 13.2 Å². The van der Waals surface area contributed by atoms with Gasteiger partial charge in [0.05, 0.1) is 0 Å². The van der Waals surface area contributed by atoms with E-state index in [0.717, 1.165) is 32.0 Å². The fraction of sp³-hybridized carbons (Fsp3) is 0.615. The molecule has 1 aliphatic rings. The third kappa shape index (κ3) is 3.37. The number of alkyl halides is 3.